The molecule has 0 bridgehead atoms. The van der Waals surface area contributed by atoms with Crippen LogP contribution >= 0.6 is 15.9 Å². The number of rotatable bonds is 4. The minimum atomic E-state index is -4.29. The van der Waals surface area contributed by atoms with Crippen molar-refractivity contribution in [1.82, 2.24) is 9.78 Å². The highest BCUT2D eigenvalue weighted by molar-refractivity contribution is 9.10. The summed E-state index contributed by atoms with van der Waals surface area (Å²) in [4.78, 5) is 0. The van der Waals surface area contributed by atoms with E-state index in [0.29, 0.717) is 16.2 Å². The molecule has 0 amide bonds. The molecule has 1 saturated carbocycles. The summed E-state index contributed by atoms with van der Waals surface area (Å²) < 4.78 is 43.0. The van der Waals surface area contributed by atoms with E-state index in [0.717, 1.165) is 12.8 Å². The van der Waals surface area contributed by atoms with Crippen LogP contribution in [0.5, 0.6) is 0 Å². The molecule has 1 aliphatic rings. The van der Waals surface area contributed by atoms with Gasteiger partial charge in [-0.2, -0.15) is 18.3 Å². The lowest BCUT2D eigenvalue weighted by Crippen LogP contribution is -2.17. The largest absolute Gasteiger partial charge is 0.411 e. The molecule has 0 unspecified atom stereocenters. The highest BCUT2D eigenvalue weighted by Crippen LogP contribution is 2.30. The molecule has 1 fully saturated rings. The van der Waals surface area contributed by atoms with Crippen molar-refractivity contribution < 1.29 is 17.9 Å². The summed E-state index contributed by atoms with van der Waals surface area (Å²) in [5.74, 6) is 0. The zero-order valence-electron chi connectivity index (χ0n) is 9.71. The van der Waals surface area contributed by atoms with Crippen LogP contribution < -0.4 is 0 Å². The van der Waals surface area contributed by atoms with Crippen molar-refractivity contribution in [2.75, 3.05) is 6.61 Å². The van der Waals surface area contributed by atoms with Crippen LogP contribution in [0.4, 0.5) is 13.2 Å². The molecule has 1 aromatic heterocycles. The van der Waals surface area contributed by atoms with Gasteiger partial charge in [-0.1, -0.05) is 12.8 Å². The normalized spacial score (nSPS) is 17.6. The van der Waals surface area contributed by atoms with E-state index in [9.17, 15) is 13.2 Å². The van der Waals surface area contributed by atoms with Gasteiger partial charge in [0.05, 0.1) is 17.1 Å². The first kappa shape index (κ1) is 13.9. The third-order valence-electron chi connectivity index (χ3n) is 2.96. The first-order valence-corrected chi connectivity index (χ1v) is 6.63. The van der Waals surface area contributed by atoms with Crippen molar-refractivity contribution in [3.05, 3.63) is 16.4 Å². The number of halogens is 4. The fourth-order valence-electron chi connectivity index (χ4n) is 2.12. The van der Waals surface area contributed by atoms with E-state index in [-0.39, 0.29) is 6.61 Å². The minimum Gasteiger partial charge on any atom is -0.366 e. The summed E-state index contributed by atoms with van der Waals surface area (Å²) in [5, 5.41) is 4.29. The smallest absolute Gasteiger partial charge is 0.366 e. The zero-order chi connectivity index (χ0) is 13.2. The van der Waals surface area contributed by atoms with Crippen molar-refractivity contribution in [3.8, 4) is 0 Å². The SMILES string of the molecule is FC(F)(F)COCc1nn(C2CCCC2)cc1Br. The average molecular weight is 327 g/mol. The van der Waals surface area contributed by atoms with Gasteiger partial charge in [-0.15, -0.1) is 0 Å². The molecule has 102 valence electrons. The lowest BCUT2D eigenvalue weighted by atomic mass is 10.3. The maximum absolute atomic E-state index is 11.9. The zero-order valence-corrected chi connectivity index (χ0v) is 11.3. The van der Waals surface area contributed by atoms with Crippen LogP contribution in [-0.4, -0.2) is 22.6 Å². The molecule has 0 atom stereocenters. The highest BCUT2D eigenvalue weighted by atomic mass is 79.9. The van der Waals surface area contributed by atoms with Gasteiger partial charge in [0.2, 0.25) is 0 Å². The van der Waals surface area contributed by atoms with Crippen LogP contribution in [0.1, 0.15) is 37.4 Å². The molecule has 1 heterocycles. The summed E-state index contributed by atoms with van der Waals surface area (Å²) in [6.07, 6.45) is 2.06. The van der Waals surface area contributed by atoms with Gasteiger partial charge >= 0.3 is 6.18 Å². The fourth-order valence-corrected chi connectivity index (χ4v) is 2.53. The second kappa shape index (κ2) is 5.61. The quantitative estimate of drug-likeness (QED) is 0.840. The lowest BCUT2D eigenvalue weighted by Gasteiger charge is -2.09. The summed E-state index contributed by atoms with van der Waals surface area (Å²) in [6.45, 7) is -1.37. The molecule has 3 nitrogen and oxygen atoms in total. The van der Waals surface area contributed by atoms with E-state index in [1.807, 2.05) is 10.9 Å². The fraction of sp³-hybridized carbons (Fsp3) is 0.727. The van der Waals surface area contributed by atoms with Gasteiger partial charge in [-0.05, 0) is 28.8 Å². The van der Waals surface area contributed by atoms with E-state index in [1.165, 1.54) is 12.8 Å². The van der Waals surface area contributed by atoms with Crippen LogP contribution in [0.25, 0.3) is 0 Å². The Balaban J connectivity index is 1.92. The summed E-state index contributed by atoms with van der Waals surface area (Å²) in [6, 6.07) is 0.373. The molecule has 1 aromatic rings. The standard InChI is InChI=1S/C11H14BrF3N2O/c12-9-5-17(8-3-1-2-4-8)16-10(9)6-18-7-11(13,14)15/h5,8H,1-4,6-7H2. The van der Waals surface area contributed by atoms with Gasteiger partial charge < -0.3 is 4.74 Å². The van der Waals surface area contributed by atoms with Crippen LogP contribution in [0.15, 0.2) is 10.7 Å². The van der Waals surface area contributed by atoms with Crippen LogP contribution in [0, 0.1) is 0 Å². The number of alkyl halides is 3. The topological polar surface area (TPSA) is 27.1 Å². The van der Waals surface area contributed by atoms with Gasteiger partial charge in [-0.25, -0.2) is 0 Å². The Hall–Kier alpha value is -0.560. The molecular formula is C11H14BrF3N2O. The molecule has 2 rings (SSSR count). The molecule has 0 spiro atoms. The predicted octanol–water partition coefficient (Wildman–Crippen LogP) is 3.84. The first-order chi connectivity index (χ1) is 8.46. The Bertz CT molecular complexity index is 399. The van der Waals surface area contributed by atoms with Gasteiger partial charge in [0.1, 0.15) is 12.3 Å². The van der Waals surface area contributed by atoms with Crippen LogP contribution in [-0.2, 0) is 11.3 Å². The summed E-state index contributed by atoms with van der Waals surface area (Å²) in [7, 11) is 0. The molecule has 0 saturated heterocycles. The number of hydrogen-bond donors (Lipinski definition) is 0. The Morgan fingerprint density at radius 2 is 2.06 bits per heavy atom. The second-order valence-electron chi connectivity index (χ2n) is 4.45. The maximum atomic E-state index is 11.9. The number of ether oxygens (including phenoxy) is 1. The lowest BCUT2D eigenvalue weighted by molar-refractivity contribution is -0.176. The molecular weight excluding hydrogens is 313 g/mol. The van der Waals surface area contributed by atoms with Gasteiger partial charge in [-0.3, -0.25) is 4.68 Å². The third kappa shape index (κ3) is 3.71. The van der Waals surface area contributed by atoms with Crippen LogP contribution in [0.2, 0.25) is 0 Å². The Morgan fingerprint density at radius 3 is 2.67 bits per heavy atom. The molecule has 18 heavy (non-hydrogen) atoms. The van der Waals surface area contributed by atoms with E-state index in [1.54, 1.807) is 0 Å². The van der Waals surface area contributed by atoms with Gasteiger partial charge in [0, 0.05) is 6.20 Å². The first-order valence-electron chi connectivity index (χ1n) is 5.84. The Labute approximate surface area is 111 Å². The third-order valence-corrected chi connectivity index (χ3v) is 3.62. The Kier molecular flexibility index (Phi) is 4.32. The van der Waals surface area contributed by atoms with Crippen molar-refractivity contribution in [2.24, 2.45) is 0 Å². The summed E-state index contributed by atoms with van der Waals surface area (Å²) in [5.41, 5.74) is 0.520. The van der Waals surface area contributed by atoms with Crippen molar-refractivity contribution >= 4 is 15.9 Å². The number of hydrogen-bond acceptors (Lipinski definition) is 2. The highest BCUT2D eigenvalue weighted by Gasteiger charge is 2.28. The molecule has 7 heteroatoms. The second-order valence-corrected chi connectivity index (χ2v) is 5.30. The molecule has 0 aliphatic heterocycles. The molecule has 0 radical (unpaired) electrons. The molecule has 1 aliphatic carbocycles. The van der Waals surface area contributed by atoms with Crippen LogP contribution in [0.3, 0.4) is 0 Å². The average Bonchev–Trinajstić information content (AvgIpc) is 2.86. The van der Waals surface area contributed by atoms with E-state index in [2.05, 4.69) is 25.8 Å². The van der Waals surface area contributed by atoms with Gasteiger partial charge in [0.15, 0.2) is 0 Å². The number of nitrogens with zero attached hydrogens (tertiary/aromatic N) is 2. The molecule has 0 N–H and O–H groups in total. The van der Waals surface area contributed by atoms with E-state index < -0.39 is 12.8 Å². The van der Waals surface area contributed by atoms with Gasteiger partial charge in [0.25, 0.3) is 0 Å². The van der Waals surface area contributed by atoms with Crippen molar-refractivity contribution in [1.29, 1.82) is 0 Å². The monoisotopic (exact) mass is 326 g/mol. The van der Waals surface area contributed by atoms with Crippen molar-refractivity contribution in [2.45, 2.75) is 44.5 Å². The minimum absolute atomic E-state index is 0.125. The van der Waals surface area contributed by atoms with E-state index >= 15 is 0 Å². The summed E-state index contributed by atoms with van der Waals surface area (Å²) >= 11 is 3.30. The molecule has 0 aromatic carbocycles. The number of aromatic nitrogens is 2. The predicted molar refractivity (Wildman–Crippen MR) is 63.1 cm³/mol. The Morgan fingerprint density at radius 1 is 1.39 bits per heavy atom. The maximum Gasteiger partial charge on any atom is 0.411 e. The van der Waals surface area contributed by atoms with E-state index in [4.69, 9.17) is 0 Å². The van der Waals surface area contributed by atoms with Crippen molar-refractivity contribution in [3.63, 3.8) is 0 Å².